The van der Waals surface area contributed by atoms with Gasteiger partial charge in [-0.1, -0.05) is 0 Å². The zero-order valence-electron chi connectivity index (χ0n) is 6.14. The maximum absolute atomic E-state index is 10.4. The van der Waals surface area contributed by atoms with Gasteiger partial charge in [0, 0.05) is 0 Å². The van der Waals surface area contributed by atoms with E-state index in [0.29, 0.717) is 6.61 Å². The van der Waals surface area contributed by atoms with Crippen molar-refractivity contribution in [1.29, 1.82) is 0 Å². The van der Waals surface area contributed by atoms with E-state index in [0.717, 1.165) is 0 Å². The fourth-order valence-electron chi connectivity index (χ4n) is 0.415. The van der Waals surface area contributed by atoms with Gasteiger partial charge in [-0.3, -0.25) is 9.59 Å². The van der Waals surface area contributed by atoms with Crippen molar-refractivity contribution in [1.82, 2.24) is 0 Å². The van der Waals surface area contributed by atoms with Crippen molar-refractivity contribution in [3.05, 3.63) is 0 Å². The molecule has 0 bridgehead atoms. The van der Waals surface area contributed by atoms with Crippen molar-refractivity contribution in [2.45, 2.75) is 20.3 Å². The molecule has 0 heterocycles. The summed E-state index contributed by atoms with van der Waals surface area (Å²) >= 11 is 0. The van der Waals surface area contributed by atoms with E-state index in [-0.39, 0.29) is 33.9 Å². The molecule has 0 spiro atoms. The summed E-state index contributed by atoms with van der Waals surface area (Å²) in [7, 11) is 0. The third-order valence-electron chi connectivity index (χ3n) is 0.699. The van der Waals surface area contributed by atoms with Crippen LogP contribution < -0.4 is 0 Å². The zero-order chi connectivity index (χ0) is 7.28. The largest absolute Gasteiger partial charge is 2.00 e. The summed E-state index contributed by atoms with van der Waals surface area (Å²) in [6, 6.07) is 0. The molecule has 0 fully saturated rings. The van der Waals surface area contributed by atoms with Gasteiger partial charge in [0.05, 0.1) is 6.61 Å². The molecular formula is C6H10O3Ti+2. The Balaban J connectivity index is 0. The monoisotopic (exact) mass is 178 g/mol. The van der Waals surface area contributed by atoms with E-state index in [1.165, 1.54) is 6.92 Å². The van der Waals surface area contributed by atoms with Crippen LogP contribution in [0.25, 0.3) is 0 Å². The number of ether oxygens (including phenoxy) is 1. The molecule has 10 heavy (non-hydrogen) atoms. The van der Waals surface area contributed by atoms with Crippen LogP contribution in [0.1, 0.15) is 20.3 Å². The van der Waals surface area contributed by atoms with Gasteiger partial charge in [0.15, 0.2) is 0 Å². The van der Waals surface area contributed by atoms with Gasteiger partial charge in [0.2, 0.25) is 0 Å². The average molecular weight is 178 g/mol. The normalized spacial score (nSPS) is 7.80. The molecule has 0 aromatic rings. The van der Waals surface area contributed by atoms with E-state index in [2.05, 4.69) is 4.74 Å². The van der Waals surface area contributed by atoms with Crippen LogP contribution in [0.2, 0.25) is 0 Å². The van der Waals surface area contributed by atoms with Gasteiger partial charge in [0.1, 0.15) is 12.2 Å². The molecule has 4 heteroatoms. The molecule has 0 rings (SSSR count). The first-order valence-corrected chi connectivity index (χ1v) is 2.82. The van der Waals surface area contributed by atoms with Crippen molar-refractivity contribution in [3.63, 3.8) is 0 Å². The second-order valence-corrected chi connectivity index (χ2v) is 1.68. The molecule has 54 valence electrons. The number of carbonyl (C=O) groups is 2. The Morgan fingerprint density at radius 3 is 2.20 bits per heavy atom. The maximum Gasteiger partial charge on any atom is 2.00 e. The molecule has 0 saturated carbocycles. The van der Waals surface area contributed by atoms with Crippen LogP contribution in [-0.2, 0) is 36.0 Å². The molecule has 0 aromatic carbocycles. The van der Waals surface area contributed by atoms with Crippen molar-refractivity contribution in [2.24, 2.45) is 0 Å². The van der Waals surface area contributed by atoms with Crippen LogP contribution in [0.5, 0.6) is 0 Å². The van der Waals surface area contributed by atoms with E-state index in [1.807, 2.05) is 0 Å². The number of rotatable bonds is 3. The van der Waals surface area contributed by atoms with Crippen molar-refractivity contribution < 1.29 is 36.0 Å². The molecule has 0 amide bonds. The topological polar surface area (TPSA) is 43.4 Å². The van der Waals surface area contributed by atoms with Crippen LogP contribution in [0.3, 0.4) is 0 Å². The Morgan fingerprint density at radius 2 is 1.90 bits per heavy atom. The van der Waals surface area contributed by atoms with E-state index in [9.17, 15) is 9.59 Å². The minimum Gasteiger partial charge on any atom is -0.466 e. The van der Waals surface area contributed by atoms with Gasteiger partial charge >= 0.3 is 27.7 Å². The summed E-state index contributed by atoms with van der Waals surface area (Å²) in [6.45, 7) is 3.40. The third-order valence-corrected chi connectivity index (χ3v) is 0.699. The Hall–Kier alpha value is -0.146. The molecule has 3 nitrogen and oxygen atoms in total. The van der Waals surface area contributed by atoms with Gasteiger partial charge in [-0.05, 0) is 13.8 Å². The Kier molecular flexibility index (Phi) is 8.73. The minimum atomic E-state index is -0.440. The van der Waals surface area contributed by atoms with Crippen LogP contribution in [0.4, 0.5) is 0 Å². The van der Waals surface area contributed by atoms with E-state index < -0.39 is 5.97 Å². The first-order valence-electron chi connectivity index (χ1n) is 2.82. The molecule has 0 aliphatic carbocycles. The van der Waals surface area contributed by atoms with Gasteiger partial charge in [-0.15, -0.1) is 0 Å². The predicted octanol–water partition coefficient (Wildman–Crippen LogP) is 0.526. The van der Waals surface area contributed by atoms with Gasteiger partial charge in [0.25, 0.3) is 0 Å². The van der Waals surface area contributed by atoms with Gasteiger partial charge < -0.3 is 4.74 Å². The van der Waals surface area contributed by atoms with Crippen molar-refractivity contribution in [2.75, 3.05) is 6.61 Å². The fourth-order valence-corrected chi connectivity index (χ4v) is 0.415. The predicted molar refractivity (Wildman–Crippen MR) is 31.9 cm³/mol. The van der Waals surface area contributed by atoms with Crippen LogP contribution in [0, 0.1) is 0 Å². The number of Topliss-reactive ketones (excluding diaryl/α,β-unsaturated/α-hetero) is 1. The number of carbonyl (C=O) groups excluding carboxylic acids is 2. The maximum atomic E-state index is 10.4. The van der Waals surface area contributed by atoms with Gasteiger partial charge in [-0.25, -0.2) is 0 Å². The first-order chi connectivity index (χ1) is 4.16. The molecule has 0 N–H and O–H groups in total. The summed E-state index contributed by atoms with van der Waals surface area (Å²) in [5.41, 5.74) is 0. The summed E-state index contributed by atoms with van der Waals surface area (Å²) < 4.78 is 4.49. The molecule has 0 saturated heterocycles. The minimum absolute atomic E-state index is 0. The number of ketones is 1. The quantitative estimate of drug-likeness (QED) is 0.359. The number of hydrogen-bond acceptors (Lipinski definition) is 3. The summed E-state index contributed by atoms with van der Waals surface area (Å²) in [4.78, 5) is 20.6. The molecular weight excluding hydrogens is 168 g/mol. The fraction of sp³-hybridized carbons (Fsp3) is 0.667. The first kappa shape index (κ1) is 12.5. The SMILES string of the molecule is CCOC(=O)CC(C)=O.[Ti+2]. The summed E-state index contributed by atoms with van der Waals surface area (Å²) in [5, 5.41) is 0. The molecule has 0 aliphatic heterocycles. The standard InChI is InChI=1S/C6H10O3.Ti/c1-3-9-6(8)4-5(2)7;/h3-4H2,1-2H3;/q;+2. The molecule has 0 atom stereocenters. The van der Waals surface area contributed by atoms with E-state index >= 15 is 0 Å². The van der Waals surface area contributed by atoms with Crippen molar-refractivity contribution >= 4 is 11.8 Å². The van der Waals surface area contributed by atoms with Crippen LogP contribution >= 0.6 is 0 Å². The second kappa shape index (κ2) is 6.97. The van der Waals surface area contributed by atoms with E-state index in [1.54, 1.807) is 6.92 Å². The number of hydrogen-bond donors (Lipinski definition) is 0. The summed E-state index contributed by atoms with van der Waals surface area (Å²) in [6.07, 6.45) is -0.103. The smallest absolute Gasteiger partial charge is 0.466 e. The second-order valence-electron chi connectivity index (χ2n) is 1.68. The molecule has 0 aliphatic rings. The van der Waals surface area contributed by atoms with E-state index in [4.69, 9.17) is 0 Å². The zero-order valence-corrected chi connectivity index (χ0v) is 7.70. The Morgan fingerprint density at radius 1 is 1.40 bits per heavy atom. The number of esters is 1. The van der Waals surface area contributed by atoms with Crippen LogP contribution in [0.15, 0.2) is 0 Å². The van der Waals surface area contributed by atoms with Gasteiger partial charge in [-0.2, -0.15) is 0 Å². The molecule has 0 unspecified atom stereocenters. The molecule has 0 radical (unpaired) electrons. The summed E-state index contributed by atoms with van der Waals surface area (Å²) in [5.74, 6) is -0.599. The third kappa shape index (κ3) is 7.85. The Labute approximate surface area is 75.0 Å². The van der Waals surface area contributed by atoms with Crippen molar-refractivity contribution in [3.8, 4) is 0 Å². The Bertz CT molecular complexity index is 122. The van der Waals surface area contributed by atoms with Crippen LogP contribution in [-0.4, -0.2) is 18.4 Å². The average Bonchev–Trinajstić information content (AvgIpc) is 1.63. The molecule has 0 aromatic heterocycles.